The maximum absolute atomic E-state index is 13.3. The van der Waals surface area contributed by atoms with Gasteiger partial charge >= 0.3 is 0 Å². The second kappa shape index (κ2) is 10.1. The fourth-order valence-electron chi connectivity index (χ4n) is 4.13. The number of alkyl halides is 2. The van der Waals surface area contributed by atoms with Gasteiger partial charge in [-0.2, -0.15) is 0 Å². The molecule has 2 amide bonds. The molecule has 0 saturated carbocycles. The molecule has 0 bridgehead atoms. The molecular formula is C25H20Cl5N3O2. The quantitative estimate of drug-likeness (QED) is 0.249. The standard InChI is InChI=1S/C25H20Cl5N3O2/c1-25(29,30)22(14-6-16(26)9-17(27)7-14)23(34)32-19-4-5-21(28)20(10-19)24(35)33-11-13-2-3-18(31)8-15(13)12-33/h2-10,22H,11-12,31H2,1H3,(H,32,34). The molecule has 0 aliphatic carbocycles. The number of nitrogens with one attached hydrogen (secondary N) is 1. The van der Waals surface area contributed by atoms with Crippen LogP contribution < -0.4 is 11.1 Å². The molecule has 182 valence electrons. The number of rotatable bonds is 5. The zero-order valence-corrected chi connectivity index (χ0v) is 22.2. The van der Waals surface area contributed by atoms with Crippen molar-refractivity contribution in [3.05, 3.63) is 91.9 Å². The SMILES string of the molecule is CC(Cl)(Cl)C(C(=O)Nc1ccc(Cl)c(C(=O)N2Cc3ccc(N)cc3C2)c1)c1cc(Cl)cc(Cl)c1. The minimum Gasteiger partial charge on any atom is -0.399 e. The predicted molar refractivity (Wildman–Crippen MR) is 144 cm³/mol. The lowest BCUT2D eigenvalue weighted by molar-refractivity contribution is -0.117. The number of hydrogen-bond acceptors (Lipinski definition) is 3. The molecule has 3 N–H and O–H groups in total. The van der Waals surface area contributed by atoms with E-state index in [1.54, 1.807) is 41.3 Å². The van der Waals surface area contributed by atoms with Crippen molar-refractivity contribution in [1.82, 2.24) is 4.90 Å². The summed E-state index contributed by atoms with van der Waals surface area (Å²) in [5.74, 6) is -1.77. The highest BCUT2D eigenvalue weighted by molar-refractivity contribution is 6.50. The van der Waals surface area contributed by atoms with E-state index in [1.165, 1.54) is 13.0 Å². The molecule has 1 atom stereocenters. The van der Waals surface area contributed by atoms with Gasteiger partial charge in [-0.3, -0.25) is 9.59 Å². The van der Waals surface area contributed by atoms with E-state index in [0.717, 1.165) is 11.1 Å². The number of carbonyl (C=O) groups is 2. The van der Waals surface area contributed by atoms with Crippen LogP contribution in [0.5, 0.6) is 0 Å². The largest absolute Gasteiger partial charge is 0.399 e. The summed E-state index contributed by atoms with van der Waals surface area (Å²) in [6.45, 7) is 2.36. The topological polar surface area (TPSA) is 75.4 Å². The molecule has 3 aromatic rings. The van der Waals surface area contributed by atoms with Gasteiger partial charge in [0.2, 0.25) is 5.91 Å². The summed E-state index contributed by atoms with van der Waals surface area (Å²) in [7, 11) is 0. The number of hydrogen-bond donors (Lipinski definition) is 2. The van der Waals surface area contributed by atoms with Crippen LogP contribution in [0.15, 0.2) is 54.6 Å². The number of nitrogens with zero attached hydrogens (tertiary/aromatic N) is 1. The van der Waals surface area contributed by atoms with E-state index in [9.17, 15) is 9.59 Å². The van der Waals surface area contributed by atoms with Gasteiger partial charge in [-0.25, -0.2) is 0 Å². The van der Waals surface area contributed by atoms with Gasteiger partial charge < -0.3 is 16.0 Å². The normalized spacial score (nSPS) is 13.9. The second-order valence-electron chi connectivity index (χ2n) is 8.47. The first-order valence-corrected chi connectivity index (χ1v) is 12.4. The Morgan fingerprint density at radius 3 is 2.26 bits per heavy atom. The number of anilines is 2. The highest BCUT2D eigenvalue weighted by Gasteiger charge is 2.38. The summed E-state index contributed by atoms with van der Waals surface area (Å²) in [5.41, 5.74) is 9.60. The van der Waals surface area contributed by atoms with Gasteiger partial charge in [0.15, 0.2) is 0 Å². The number of amides is 2. The van der Waals surface area contributed by atoms with Gasteiger partial charge in [0.05, 0.1) is 16.5 Å². The van der Waals surface area contributed by atoms with Gasteiger partial charge in [-0.05, 0) is 72.1 Å². The van der Waals surface area contributed by atoms with Crippen molar-refractivity contribution in [2.45, 2.75) is 30.3 Å². The van der Waals surface area contributed by atoms with Crippen molar-refractivity contribution < 1.29 is 9.59 Å². The first-order chi connectivity index (χ1) is 16.4. The van der Waals surface area contributed by atoms with E-state index in [4.69, 9.17) is 63.7 Å². The number of halogens is 5. The van der Waals surface area contributed by atoms with Crippen LogP contribution in [0, 0.1) is 0 Å². The van der Waals surface area contributed by atoms with E-state index >= 15 is 0 Å². The Morgan fingerprint density at radius 1 is 0.943 bits per heavy atom. The molecule has 1 unspecified atom stereocenters. The average molecular weight is 572 g/mol. The van der Waals surface area contributed by atoms with Crippen LogP contribution in [0.1, 0.15) is 39.9 Å². The van der Waals surface area contributed by atoms with Crippen LogP contribution in [-0.2, 0) is 17.9 Å². The molecule has 1 aliphatic rings. The summed E-state index contributed by atoms with van der Waals surface area (Å²) in [4.78, 5) is 28.2. The maximum atomic E-state index is 13.3. The van der Waals surface area contributed by atoms with Crippen molar-refractivity contribution in [3.8, 4) is 0 Å². The fraction of sp³-hybridized carbons (Fsp3) is 0.200. The smallest absolute Gasteiger partial charge is 0.256 e. The third-order valence-corrected chi connectivity index (χ3v) is 6.89. The van der Waals surface area contributed by atoms with E-state index in [2.05, 4.69) is 5.32 Å². The first kappa shape index (κ1) is 25.9. The third-order valence-electron chi connectivity index (χ3n) is 5.69. The Kier molecular flexibility index (Phi) is 7.46. The molecule has 0 saturated heterocycles. The van der Waals surface area contributed by atoms with E-state index in [1.807, 2.05) is 12.1 Å². The van der Waals surface area contributed by atoms with Crippen molar-refractivity contribution in [2.24, 2.45) is 0 Å². The molecular weight excluding hydrogens is 552 g/mol. The Labute approximate surface area is 228 Å². The zero-order valence-electron chi connectivity index (χ0n) is 18.4. The summed E-state index contributed by atoms with van der Waals surface area (Å²) >= 11 is 31.3. The first-order valence-electron chi connectivity index (χ1n) is 10.5. The van der Waals surface area contributed by atoms with Crippen molar-refractivity contribution in [3.63, 3.8) is 0 Å². The van der Waals surface area contributed by atoms with Crippen LogP contribution in [0.4, 0.5) is 11.4 Å². The van der Waals surface area contributed by atoms with Gasteiger partial charge in [0.1, 0.15) is 4.33 Å². The van der Waals surface area contributed by atoms with Crippen molar-refractivity contribution in [2.75, 3.05) is 11.1 Å². The minimum atomic E-state index is -1.48. The van der Waals surface area contributed by atoms with Gasteiger partial charge in [0, 0.05) is 34.5 Å². The Morgan fingerprint density at radius 2 is 1.60 bits per heavy atom. The number of fused-ring (bicyclic) bond motifs is 1. The molecule has 4 rings (SSSR count). The van der Waals surface area contributed by atoms with Crippen LogP contribution in [0.2, 0.25) is 15.1 Å². The zero-order chi connectivity index (χ0) is 25.5. The van der Waals surface area contributed by atoms with E-state index in [0.29, 0.717) is 40.1 Å². The highest BCUT2D eigenvalue weighted by atomic mass is 35.5. The summed E-state index contributed by atoms with van der Waals surface area (Å²) in [6.07, 6.45) is 0. The molecule has 5 nitrogen and oxygen atoms in total. The lowest BCUT2D eigenvalue weighted by atomic mass is 9.94. The van der Waals surface area contributed by atoms with Crippen molar-refractivity contribution in [1.29, 1.82) is 0 Å². The monoisotopic (exact) mass is 569 g/mol. The molecule has 0 fully saturated rings. The van der Waals surface area contributed by atoms with E-state index in [-0.39, 0.29) is 16.5 Å². The van der Waals surface area contributed by atoms with Crippen LogP contribution in [-0.4, -0.2) is 21.0 Å². The minimum absolute atomic E-state index is 0.257. The lowest BCUT2D eigenvalue weighted by Gasteiger charge is -2.26. The van der Waals surface area contributed by atoms with Crippen LogP contribution in [0.25, 0.3) is 0 Å². The molecule has 0 radical (unpaired) electrons. The van der Waals surface area contributed by atoms with Crippen LogP contribution >= 0.6 is 58.0 Å². The Hall–Kier alpha value is -2.15. The molecule has 0 aromatic heterocycles. The Balaban J connectivity index is 1.58. The number of nitrogen functional groups attached to an aromatic ring is 1. The molecule has 3 aromatic carbocycles. The average Bonchev–Trinajstić information content (AvgIpc) is 3.16. The molecule has 1 aliphatic heterocycles. The maximum Gasteiger partial charge on any atom is 0.256 e. The van der Waals surface area contributed by atoms with Gasteiger partial charge in [-0.15, -0.1) is 23.2 Å². The third kappa shape index (κ3) is 5.82. The molecule has 10 heteroatoms. The van der Waals surface area contributed by atoms with Crippen LogP contribution in [0.3, 0.4) is 0 Å². The van der Waals surface area contributed by atoms with Crippen molar-refractivity contribution >= 4 is 81.2 Å². The molecule has 0 spiro atoms. The summed E-state index contributed by atoms with van der Waals surface area (Å²) < 4.78 is -1.48. The molecule has 1 heterocycles. The molecule has 35 heavy (non-hydrogen) atoms. The fourth-order valence-corrected chi connectivity index (χ4v) is 5.32. The summed E-state index contributed by atoms with van der Waals surface area (Å²) in [6, 6.07) is 15.0. The number of nitrogens with two attached hydrogens (primary N) is 1. The second-order valence-corrected chi connectivity index (χ2v) is 11.5. The predicted octanol–water partition coefficient (Wildman–Crippen LogP) is 7.30. The van der Waals surface area contributed by atoms with Gasteiger partial charge in [0.25, 0.3) is 5.91 Å². The highest BCUT2D eigenvalue weighted by Crippen LogP contribution is 2.40. The van der Waals surface area contributed by atoms with Gasteiger partial charge in [-0.1, -0.05) is 40.9 Å². The number of benzene rings is 3. The summed E-state index contributed by atoms with van der Waals surface area (Å²) in [5, 5.41) is 3.74. The lowest BCUT2D eigenvalue weighted by Crippen LogP contribution is -2.32. The van der Waals surface area contributed by atoms with E-state index < -0.39 is 16.2 Å². The number of carbonyl (C=O) groups excluding carboxylic acids is 2. The Bertz CT molecular complexity index is 1300.